The van der Waals surface area contributed by atoms with Gasteiger partial charge in [0.05, 0.1) is 31.5 Å². The Morgan fingerprint density at radius 2 is 2.28 bits per heavy atom. The molecule has 1 N–H and O–H groups in total. The van der Waals surface area contributed by atoms with E-state index in [-0.39, 0.29) is 12.4 Å². The number of carbonyl (C=O) groups is 1. The van der Waals surface area contributed by atoms with E-state index >= 15 is 0 Å². The van der Waals surface area contributed by atoms with Crippen LogP contribution in [0, 0.1) is 0 Å². The molecule has 7 heteroatoms. The SMILES string of the molecule is CCCCOc1cccc(/C=N\Nc2nc(CC(=O)OCC)cs2)c1. The first-order valence-electron chi connectivity index (χ1n) is 8.33. The summed E-state index contributed by atoms with van der Waals surface area (Å²) in [6.07, 6.45) is 4.03. The van der Waals surface area contributed by atoms with Gasteiger partial charge in [-0.3, -0.25) is 10.2 Å². The number of esters is 1. The number of thiazole rings is 1. The Kier molecular flexibility index (Phi) is 7.91. The van der Waals surface area contributed by atoms with Crippen molar-refractivity contribution in [1.29, 1.82) is 0 Å². The highest BCUT2D eigenvalue weighted by atomic mass is 32.1. The van der Waals surface area contributed by atoms with Crippen molar-refractivity contribution in [2.45, 2.75) is 33.1 Å². The van der Waals surface area contributed by atoms with Crippen molar-refractivity contribution in [1.82, 2.24) is 4.98 Å². The number of aromatic nitrogens is 1. The number of nitrogens with one attached hydrogen (secondary N) is 1. The van der Waals surface area contributed by atoms with Crippen LogP contribution in [0.4, 0.5) is 5.13 Å². The van der Waals surface area contributed by atoms with E-state index in [2.05, 4.69) is 22.4 Å². The van der Waals surface area contributed by atoms with Crippen LogP contribution in [-0.4, -0.2) is 30.4 Å². The summed E-state index contributed by atoms with van der Waals surface area (Å²) in [7, 11) is 0. The number of carbonyl (C=O) groups excluding carboxylic acids is 1. The monoisotopic (exact) mass is 361 g/mol. The molecule has 6 nitrogen and oxygen atoms in total. The number of hydrogen-bond donors (Lipinski definition) is 1. The fourth-order valence-electron chi connectivity index (χ4n) is 1.98. The summed E-state index contributed by atoms with van der Waals surface area (Å²) in [5.41, 5.74) is 4.48. The third-order valence-electron chi connectivity index (χ3n) is 3.18. The molecule has 0 aliphatic heterocycles. The highest BCUT2D eigenvalue weighted by Gasteiger charge is 2.07. The van der Waals surface area contributed by atoms with E-state index in [0.29, 0.717) is 17.4 Å². The second-order valence-electron chi connectivity index (χ2n) is 5.27. The van der Waals surface area contributed by atoms with Crippen molar-refractivity contribution in [3.63, 3.8) is 0 Å². The molecule has 134 valence electrons. The number of hydrogen-bond acceptors (Lipinski definition) is 7. The minimum atomic E-state index is -0.275. The normalized spacial score (nSPS) is 10.8. The maximum atomic E-state index is 11.4. The van der Waals surface area contributed by atoms with Crippen LogP contribution in [0.2, 0.25) is 0 Å². The summed E-state index contributed by atoms with van der Waals surface area (Å²) in [4.78, 5) is 15.7. The highest BCUT2D eigenvalue weighted by Crippen LogP contribution is 2.16. The van der Waals surface area contributed by atoms with Gasteiger partial charge in [-0.1, -0.05) is 25.5 Å². The van der Waals surface area contributed by atoms with Crippen LogP contribution >= 0.6 is 11.3 Å². The zero-order valence-corrected chi connectivity index (χ0v) is 15.3. The van der Waals surface area contributed by atoms with Crippen LogP contribution in [0.5, 0.6) is 5.75 Å². The fraction of sp³-hybridized carbons (Fsp3) is 0.389. The van der Waals surface area contributed by atoms with E-state index in [9.17, 15) is 4.79 Å². The lowest BCUT2D eigenvalue weighted by atomic mass is 10.2. The van der Waals surface area contributed by atoms with Crippen molar-refractivity contribution in [2.75, 3.05) is 18.6 Å². The van der Waals surface area contributed by atoms with E-state index in [1.54, 1.807) is 13.1 Å². The van der Waals surface area contributed by atoms with E-state index in [1.807, 2.05) is 29.6 Å². The standard InChI is InChI=1S/C18H23N3O3S/c1-3-5-9-24-16-8-6-7-14(10-16)12-19-21-18-20-15(13-25-18)11-17(22)23-4-2/h6-8,10,12-13H,3-5,9,11H2,1-2H3,(H,20,21)/b19-12-. The summed E-state index contributed by atoms with van der Waals surface area (Å²) in [6, 6.07) is 7.76. The average Bonchev–Trinajstić information content (AvgIpc) is 3.03. The molecule has 0 atom stereocenters. The Hall–Kier alpha value is -2.41. The largest absolute Gasteiger partial charge is 0.494 e. The molecule has 0 radical (unpaired) electrons. The lowest BCUT2D eigenvalue weighted by molar-refractivity contribution is -0.142. The zero-order chi connectivity index (χ0) is 17.9. The summed E-state index contributed by atoms with van der Waals surface area (Å²) in [5.74, 6) is 0.561. The Morgan fingerprint density at radius 3 is 3.08 bits per heavy atom. The predicted octanol–water partition coefficient (Wildman–Crippen LogP) is 3.87. The molecule has 0 saturated heterocycles. The third-order valence-corrected chi connectivity index (χ3v) is 3.98. The van der Waals surface area contributed by atoms with Crippen molar-refractivity contribution in [3.05, 3.63) is 40.9 Å². The second kappa shape index (κ2) is 10.5. The number of nitrogens with zero attached hydrogens (tertiary/aromatic N) is 2. The molecule has 0 spiro atoms. The van der Waals surface area contributed by atoms with E-state index in [1.165, 1.54) is 11.3 Å². The van der Waals surface area contributed by atoms with Gasteiger partial charge < -0.3 is 9.47 Å². The topological polar surface area (TPSA) is 72.8 Å². The highest BCUT2D eigenvalue weighted by molar-refractivity contribution is 7.13. The van der Waals surface area contributed by atoms with Crippen LogP contribution in [0.15, 0.2) is 34.7 Å². The summed E-state index contributed by atoms with van der Waals surface area (Å²) in [6.45, 7) is 5.01. The first kappa shape index (κ1) is 18.9. The second-order valence-corrected chi connectivity index (χ2v) is 6.13. The molecule has 1 aromatic carbocycles. The van der Waals surface area contributed by atoms with Crippen LogP contribution in [0.3, 0.4) is 0 Å². The molecule has 2 rings (SSSR count). The molecule has 0 saturated carbocycles. The lowest BCUT2D eigenvalue weighted by Gasteiger charge is -2.05. The molecule has 1 heterocycles. The molecule has 2 aromatic rings. The van der Waals surface area contributed by atoms with Gasteiger partial charge >= 0.3 is 5.97 Å². The van der Waals surface area contributed by atoms with Gasteiger partial charge in [0.15, 0.2) is 0 Å². The number of rotatable bonds is 10. The van der Waals surface area contributed by atoms with E-state index in [0.717, 1.165) is 30.8 Å². The molecule has 0 bridgehead atoms. The molecular formula is C18H23N3O3S. The maximum Gasteiger partial charge on any atom is 0.311 e. The number of benzene rings is 1. The minimum absolute atomic E-state index is 0.173. The van der Waals surface area contributed by atoms with Gasteiger partial charge in [-0.25, -0.2) is 4.98 Å². The maximum absolute atomic E-state index is 11.4. The lowest BCUT2D eigenvalue weighted by Crippen LogP contribution is -2.07. The van der Waals surface area contributed by atoms with Gasteiger partial charge in [0, 0.05) is 5.38 Å². The Bertz CT molecular complexity index is 700. The quantitative estimate of drug-likeness (QED) is 0.301. The smallest absolute Gasteiger partial charge is 0.311 e. The molecule has 0 fully saturated rings. The number of anilines is 1. The molecule has 0 unspecified atom stereocenters. The van der Waals surface area contributed by atoms with Crippen LogP contribution in [0.1, 0.15) is 37.9 Å². The molecule has 0 aliphatic carbocycles. The van der Waals surface area contributed by atoms with Gasteiger partial charge in [-0.2, -0.15) is 5.10 Å². The minimum Gasteiger partial charge on any atom is -0.494 e. The van der Waals surface area contributed by atoms with Gasteiger partial charge in [-0.15, -0.1) is 11.3 Å². The predicted molar refractivity (Wildman–Crippen MR) is 101 cm³/mol. The summed E-state index contributed by atoms with van der Waals surface area (Å²) in [5, 5.41) is 6.63. The third kappa shape index (κ3) is 6.93. The Balaban J connectivity index is 1.85. The number of hydrazone groups is 1. The first-order chi connectivity index (χ1) is 12.2. The van der Waals surface area contributed by atoms with Crippen molar-refractivity contribution >= 4 is 28.7 Å². The molecule has 0 amide bonds. The molecule has 25 heavy (non-hydrogen) atoms. The summed E-state index contributed by atoms with van der Waals surface area (Å²) >= 11 is 1.39. The van der Waals surface area contributed by atoms with E-state index in [4.69, 9.17) is 9.47 Å². The van der Waals surface area contributed by atoms with Crippen LogP contribution in [-0.2, 0) is 16.0 Å². The van der Waals surface area contributed by atoms with Gasteiger partial charge in [0.2, 0.25) is 5.13 Å². The first-order valence-corrected chi connectivity index (χ1v) is 9.21. The molecular weight excluding hydrogens is 338 g/mol. The Morgan fingerprint density at radius 1 is 1.40 bits per heavy atom. The Labute approximate surface area is 151 Å². The van der Waals surface area contributed by atoms with Gasteiger partial charge in [0.1, 0.15) is 5.75 Å². The van der Waals surface area contributed by atoms with Crippen LogP contribution < -0.4 is 10.2 Å². The van der Waals surface area contributed by atoms with Crippen molar-refractivity contribution in [2.24, 2.45) is 5.10 Å². The van der Waals surface area contributed by atoms with Crippen molar-refractivity contribution in [3.8, 4) is 5.75 Å². The van der Waals surface area contributed by atoms with E-state index < -0.39 is 0 Å². The van der Waals surface area contributed by atoms with Gasteiger partial charge in [-0.05, 0) is 31.0 Å². The van der Waals surface area contributed by atoms with Crippen LogP contribution in [0.25, 0.3) is 0 Å². The van der Waals surface area contributed by atoms with Crippen molar-refractivity contribution < 1.29 is 14.3 Å². The van der Waals surface area contributed by atoms with Gasteiger partial charge in [0.25, 0.3) is 0 Å². The number of ether oxygens (including phenoxy) is 2. The summed E-state index contributed by atoms with van der Waals surface area (Å²) < 4.78 is 10.6. The average molecular weight is 361 g/mol. The molecule has 1 aromatic heterocycles. The zero-order valence-electron chi connectivity index (χ0n) is 14.5. The molecule has 0 aliphatic rings. The fourth-order valence-corrected chi connectivity index (χ4v) is 2.64. The number of unbranched alkanes of at least 4 members (excludes halogenated alkanes) is 1.